The molecular formula is C46H58O8. The van der Waals surface area contributed by atoms with Gasteiger partial charge in [-0.25, -0.2) is 19.2 Å². The van der Waals surface area contributed by atoms with E-state index in [4.69, 9.17) is 9.47 Å². The first-order chi connectivity index (χ1) is 25.4. The number of hydrogen-bond acceptors (Lipinski definition) is 6. The smallest absolute Gasteiger partial charge is 0.339 e. The van der Waals surface area contributed by atoms with Gasteiger partial charge >= 0.3 is 23.9 Å². The van der Waals surface area contributed by atoms with Crippen molar-refractivity contribution in [1.29, 1.82) is 0 Å². The molecule has 5 aliphatic carbocycles. The Morgan fingerprint density at radius 1 is 0.685 bits per heavy atom. The van der Waals surface area contributed by atoms with Gasteiger partial charge in [-0.3, -0.25) is 0 Å². The van der Waals surface area contributed by atoms with Crippen molar-refractivity contribution >= 4 is 23.9 Å². The van der Waals surface area contributed by atoms with E-state index in [2.05, 4.69) is 48.1 Å². The fourth-order valence-electron chi connectivity index (χ4n) is 13.9. The van der Waals surface area contributed by atoms with E-state index in [0.29, 0.717) is 36.2 Å². The highest BCUT2D eigenvalue weighted by molar-refractivity contribution is 6.03. The number of esters is 2. The zero-order valence-corrected chi connectivity index (χ0v) is 32.9. The van der Waals surface area contributed by atoms with Crippen LogP contribution in [0.2, 0.25) is 0 Å². The SMILES string of the molecule is C=C(C)[C@H]1CC[C@@]2(COC(=O)c3ccccc3C(=O)O)CC[C@@]3(C)[C@@H](CC[C@@H]4[C@]5(C)CC[C@H](OC(=O)c6ccccc6C(=O)O)C(C)(C)[C@@H]5CC[C@@]43C)[C@H]12. The first kappa shape index (κ1) is 38.3. The van der Waals surface area contributed by atoms with Gasteiger partial charge in [0.15, 0.2) is 0 Å². The highest BCUT2D eigenvalue weighted by Gasteiger charge is 2.71. The predicted molar refractivity (Wildman–Crippen MR) is 205 cm³/mol. The fourth-order valence-corrected chi connectivity index (χ4v) is 13.9. The van der Waals surface area contributed by atoms with Crippen molar-refractivity contribution in [3.05, 3.63) is 82.9 Å². The van der Waals surface area contributed by atoms with Crippen LogP contribution in [0, 0.1) is 56.7 Å². The predicted octanol–water partition coefficient (Wildman–Crippen LogP) is 10.1. The molecule has 8 heteroatoms. The Balaban J connectivity index is 1.14. The summed E-state index contributed by atoms with van der Waals surface area (Å²) in [6.45, 7) is 19.1. The monoisotopic (exact) mass is 738 g/mol. The van der Waals surface area contributed by atoms with Crippen LogP contribution in [-0.4, -0.2) is 46.8 Å². The highest BCUT2D eigenvalue weighted by atomic mass is 16.5. The van der Waals surface area contributed by atoms with Crippen LogP contribution in [0.5, 0.6) is 0 Å². The molecule has 5 fully saturated rings. The van der Waals surface area contributed by atoms with Crippen molar-refractivity contribution in [3.8, 4) is 0 Å². The molecule has 8 nitrogen and oxygen atoms in total. The highest BCUT2D eigenvalue weighted by Crippen LogP contribution is 2.77. The van der Waals surface area contributed by atoms with Crippen LogP contribution in [0.3, 0.4) is 0 Å². The maximum Gasteiger partial charge on any atom is 0.339 e. The van der Waals surface area contributed by atoms with Gasteiger partial charge in [0.05, 0.1) is 28.9 Å². The summed E-state index contributed by atoms with van der Waals surface area (Å²) in [5.74, 6) is -1.43. The molecule has 2 aromatic carbocycles. The van der Waals surface area contributed by atoms with E-state index in [-0.39, 0.29) is 55.4 Å². The Labute approximate surface area is 320 Å². The van der Waals surface area contributed by atoms with Gasteiger partial charge in [-0.15, -0.1) is 0 Å². The number of carbonyl (C=O) groups excluding carboxylic acids is 2. The first-order valence-electron chi connectivity index (χ1n) is 20.1. The molecule has 5 saturated carbocycles. The summed E-state index contributed by atoms with van der Waals surface area (Å²) in [6.07, 6.45) is 9.77. The number of carboxylic acid groups (broad SMARTS) is 2. The van der Waals surface area contributed by atoms with E-state index < -0.39 is 23.9 Å². The third-order valence-electron chi connectivity index (χ3n) is 16.7. The molecule has 7 rings (SSSR count). The average molecular weight is 739 g/mol. The van der Waals surface area contributed by atoms with E-state index in [1.54, 1.807) is 36.4 Å². The molecule has 0 saturated heterocycles. The van der Waals surface area contributed by atoms with Crippen LogP contribution in [0.15, 0.2) is 60.7 Å². The Morgan fingerprint density at radius 3 is 1.87 bits per heavy atom. The van der Waals surface area contributed by atoms with Gasteiger partial charge in [0, 0.05) is 10.8 Å². The maximum absolute atomic E-state index is 13.5. The standard InChI is InChI=1S/C46H58O8/c1-27(2)28-18-23-46(26-53-40(51)31-14-10-8-12-29(31)38(47)48)25-24-44(6)33(37(28)46)16-17-35-43(5)21-20-36(42(3,4)34(43)19-22-45(35,44)7)54-41(52)32-15-11-9-13-30(32)39(49)50/h8-15,28,33-37H,1,16-26H2,2-7H3,(H,47,48)(H,49,50)/t28-,33+,34+,35-,36+,37+,43-,44+,45+,46+/m1/s1. The Bertz CT molecular complexity index is 1880. The minimum absolute atomic E-state index is 0.0336. The molecule has 5 aliphatic rings. The average Bonchev–Trinajstić information content (AvgIpc) is 3.52. The van der Waals surface area contributed by atoms with E-state index >= 15 is 0 Å². The van der Waals surface area contributed by atoms with Crippen LogP contribution in [0.1, 0.15) is 147 Å². The normalized spacial score (nSPS) is 37.7. The molecule has 0 amide bonds. The number of benzene rings is 2. The van der Waals surface area contributed by atoms with Gasteiger partial charge in [-0.1, -0.05) is 71.0 Å². The molecule has 290 valence electrons. The molecule has 2 N–H and O–H groups in total. The number of rotatable bonds is 8. The Kier molecular flexibility index (Phi) is 9.49. The summed E-state index contributed by atoms with van der Waals surface area (Å²) in [4.78, 5) is 50.7. The lowest BCUT2D eigenvalue weighted by atomic mass is 9.32. The lowest BCUT2D eigenvalue weighted by Crippen LogP contribution is -2.67. The van der Waals surface area contributed by atoms with Crippen molar-refractivity contribution in [1.82, 2.24) is 0 Å². The maximum atomic E-state index is 13.5. The second kappa shape index (κ2) is 13.4. The minimum atomic E-state index is -1.14. The molecule has 0 radical (unpaired) electrons. The van der Waals surface area contributed by atoms with Crippen LogP contribution in [0.4, 0.5) is 0 Å². The van der Waals surface area contributed by atoms with E-state index in [1.165, 1.54) is 17.7 Å². The fraction of sp³-hybridized carbons (Fsp3) is 0.609. The summed E-state index contributed by atoms with van der Waals surface area (Å²) in [7, 11) is 0. The third-order valence-corrected chi connectivity index (χ3v) is 16.7. The van der Waals surface area contributed by atoms with Crippen molar-refractivity contribution in [2.24, 2.45) is 56.7 Å². The van der Waals surface area contributed by atoms with Gasteiger partial charge in [0.2, 0.25) is 0 Å². The lowest BCUT2D eigenvalue weighted by Gasteiger charge is -2.73. The summed E-state index contributed by atoms with van der Waals surface area (Å²) in [5, 5.41) is 19.5. The molecule has 0 spiro atoms. The van der Waals surface area contributed by atoms with Crippen molar-refractivity contribution in [3.63, 3.8) is 0 Å². The Hall–Kier alpha value is -3.94. The third kappa shape index (κ3) is 5.67. The molecule has 54 heavy (non-hydrogen) atoms. The van der Waals surface area contributed by atoms with Gasteiger partial charge in [-0.05, 0) is 141 Å². The minimum Gasteiger partial charge on any atom is -0.478 e. The molecule has 0 aromatic heterocycles. The lowest BCUT2D eigenvalue weighted by molar-refractivity contribution is -0.249. The molecule has 0 bridgehead atoms. The van der Waals surface area contributed by atoms with Crippen LogP contribution in [-0.2, 0) is 9.47 Å². The summed E-state index contributed by atoms with van der Waals surface area (Å²) in [6, 6.07) is 12.6. The number of ether oxygens (including phenoxy) is 2. The van der Waals surface area contributed by atoms with Gasteiger partial charge < -0.3 is 19.7 Å². The van der Waals surface area contributed by atoms with Crippen LogP contribution < -0.4 is 0 Å². The molecule has 2 aromatic rings. The quantitative estimate of drug-likeness (QED) is 0.202. The number of carbonyl (C=O) groups is 4. The number of hydrogen-bond donors (Lipinski definition) is 2. The number of allylic oxidation sites excluding steroid dienone is 1. The van der Waals surface area contributed by atoms with Crippen molar-refractivity contribution in [2.75, 3.05) is 6.61 Å². The number of carboxylic acids is 2. The second-order valence-electron chi connectivity index (χ2n) is 19.1. The molecule has 10 atom stereocenters. The summed E-state index contributed by atoms with van der Waals surface area (Å²) in [5.41, 5.74) is 1.09. The van der Waals surface area contributed by atoms with E-state index in [9.17, 15) is 29.4 Å². The van der Waals surface area contributed by atoms with Crippen LogP contribution in [0.25, 0.3) is 0 Å². The van der Waals surface area contributed by atoms with E-state index in [1.807, 2.05) is 0 Å². The molecule has 0 unspecified atom stereocenters. The van der Waals surface area contributed by atoms with Crippen molar-refractivity contribution < 1.29 is 38.9 Å². The molecule has 0 heterocycles. The summed E-state index contributed by atoms with van der Waals surface area (Å²) >= 11 is 0. The molecule has 0 aliphatic heterocycles. The number of fused-ring (bicyclic) bond motifs is 7. The van der Waals surface area contributed by atoms with Gasteiger partial charge in [0.1, 0.15) is 6.10 Å². The van der Waals surface area contributed by atoms with Gasteiger partial charge in [-0.2, -0.15) is 0 Å². The zero-order valence-electron chi connectivity index (χ0n) is 32.9. The Morgan fingerprint density at radius 2 is 1.28 bits per heavy atom. The second-order valence-corrected chi connectivity index (χ2v) is 19.1. The molecular weight excluding hydrogens is 680 g/mol. The largest absolute Gasteiger partial charge is 0.478 e. The number of aromatic carboxylic acids is 2. The summed E-state index contributed by atoms with van der Waals surface area (Å²) < 4.78 is 12.4. The van der Waals surface area contributed by atoms with E-state index in [0.717, 1.165) is 64.2 Å². The van der Waals surface area contributed by atoms with Crippen LogP contribution >= 0.6 is 0 Å². The topological polar surface area (TPSA) is 127 Å². The van der Waals surface area contributed by atoms with Crippen molar-refractivity contribution in [2.45, 2.75) is 112 Å². The zero-order chi connectivity index (χ0) is 39.0. The first-order valence-corrected chi connectivity index (χ1v) is 20.1. The van der Waals surface area contributed by atoms with Gasteiger partial charge in [0.25, 0.3) is 0 Å².